The lowest BCUT2D eigenvalue weighted by Crippen LogP contribution is -2.31. The second-order valence-electron chi connectivity index (χ2n) is 3.92. The highest BCUT2D eigenvalue weighted by Crippen LogP contribution is 2.14. The molecule has 1 aromatic carbocycles. The number of nitrogens with one attached hydrogen (secondary N) is 1. The number of benzene rings is 1. The maximum atomic E-state index is 11.9. The van der Waals surface area contributed by atoms with E-state index >= 15 is 0 Å². The van der Waals surface area contributed by atoms with E-state index in [2.05, 4.69) is 4.72 Å². The Hall–Kier alpha value is -1.00. The molecule has 0 spiro atoms. The molecule has 1 aromatic rings. The van der Waals surface area contributed by atoms with Crippen LogP contribution in [0.5, 0.6) is 0 Å². The largest absolute Gasteiger partial charge is 0.380 e. The third kappa shape index (κ3) is 4.55. The molecule has 0 aliphatic carbocycles. The fourth-order valence-corrected chi connectivity index (χ4v) is 3.01. The Kier molecular flexibility index (Phi) is 5.04. The molecule has 0 aromatic heterocycles. The van der Waals surface area contributed by atoms with Crippen molar-refractivity contribution in [2.24, 2.45) is 5.14 Å². The molecule has 0 fully saturated rings. The summed E-state index contributed by atoms with van der Waals surface area (Å²) in [6, 6.07) is 4.84. The Morgan fingerprint density at radius 1 is 1.26 bits per heavy atom. The van der Waals surface area contributed by atoms with Gasteiger partial charge < -0.3 is 4.74 Å². The van der Waals surface area contributed by atoms with Crippen molar-refractivity contribution >= 4 is 20.0 Å². The van der Waals surface area contributed by atoms with Crippen molar-refractivity contribution in [2.75, 3.05) is 13.7 Å². The molecule has 1 unspecified atom stereocenters. The number of hydrogen-bond acceptors (Lipinski definition) is 5. The number of sulfonamides is 2. The van der Waals surface area contributed by atoms with Crippen LogP contribution in [-0.4, -0.2) is 36.6 Å². The van der Waals surface area contributed by atoms with Crippen molar-refractivity contribution in [1.82, 2.24) is 4.72 Å². The molecule has 0 radical (unpaired) electrons. The Morgan fingerprint density at radius 2 is 1.84 bits per heavy atom. The van der Waals surface area contributed by atoms with Gasteiger partial charge in [0.2, 0.25) is 20.0 Å². The maximum absolute atomic E-state index is 11.9. The van der Waals surface area contributed by atoms with E-state index in [-0.39, 0.29) is 22.4 Å². The van der Waals surface area contributed by atoms with Gasteiger partial charge in [-0.05, 0) is 25.1 Å². The van der Waals surface area contributed by atoms with Crippen LogP contribution in [0.4, 0.5) is 0 Å². The summed E-state index contributed by atoms with van der Waals surface area (Å²) in [7, 11) is -6.28. The molecule has 1 atom stereocenters. The third-order valence-corrected chi connectivity index (χ3v) is 4.74. The minimum Gasteiger partial charge on any atom is -0.380 e. The van der Waals surface area contributed by atoms with Crippen molar-refractivity contribution in [3.63, 3.8) is 0 Å². The molecule has 0 saturated heterocycles. The van der Waals surface area contributed by atoms with E-state index in [4.69, 9.17) is 9.88 Å². The fraction of sp³-hybridized carbons (Fsp3) is 0.400. The summed E-state index contributed by atoms with van der Waals surface area (Å²) < 4.78 is 53.4. The molecule has 7 nitrogen and oxygen atoms in total. The standard InChI is InChI=1S/C10H16N2O5S2/c1-8(17-2)7-12-19(15,16)10-5-3-4-9(6-10)18(11,13)14/h3-6,8,12H,7H2,1-2H3,(H2,11,13,14). The van der Waals surface area contributed by atoms with E-state index < -0.39 is 20.0 Å². The lowest BCUT2D eigenvalue weighted by atomic mass is 10.4. The second-order valence-corrected chi connectivity index (χ2v) is 7.25. The highest BCUT2D eigenvalue weighted by Gasteiger charge is 2.17. The first-order chi connectivity index (χ1) is 8.66. The smallest absolute Gasteiger partial charge is 0.240 e. The van der Waals surface area contributed by atoms with Gasteiger partial charge in [0, 0.05) is 13.7 Å². The topological polar surface area (TPSA) is 116 Å². The van der Waals surface area contributed by atoms with Crippen LogP contribution >= 0.6 is 0 Å². The van der Waals surface area contributed by atoms with Crippen molar-refractivity contribution in [3.8, 4) is 0 Å². The van der Waals surface area contributed by atoms with Gasteiger partial charge in [-0.3, -0.25) is 0 Å². The number of rotatable bonds is 6. The summed E-state index contributed by atoms with van der Waals surface area (Å²) in [5.41, 5.74) is 0. The average Bonchev–Trinajstić information content (AvgIpc) is 2.35. The first kappa shape index (κ1) is 16.1. The molecule has 0 aliphatic heterocycles. The Labute approximate surface area is 112 Å². The lowest BCUT2D eigenvalue weighted by molar-refractivity contribution is 0.122. The quantitative estimate of drug-likeness (QED) is 0.745. The first-order valence-corrected chi connectivity index (χ1v) is 8.35. The van der Waals surface area contributed by atoms with Gasteiger partial charge in [-0.2, -0.15) is 0 Å². The van der Waals surface area contributed by atoms with E-state index in [1.54, 1.807) is 6.92 Å². The monoisotopic (exact) mass is 308 g/mol. The van der Waals surface area contributed by atoms with Crippen LogP contribution < -0.4 is 9.86 Å². The highest BCUT2D eigenvalue weighted by atomic mass is 32.2. The minimum atomic E-state index is -3.94. The zero-order chi connectivity index (χ0) is 14.7. The van der Waals surface area contributed by atoms with Crippen LogP contribution in [0.1, 0.15) is 6.92 Å². The summed E-state index contributed by atoms with van der Waals surface area (Å²) in [5, 5.41) is 4.95. The summed E-state index contributed by atoms with van der Waals surface area (Å²) in [6.07, 6.45) is -0.295. The molecular formula is C10H16N2O5S2. The third-order valence-electron chi connectivity index (χ3n) is 2.41. The summed E-state index contributed by atoms with van der Waals surface area (Å²) in [4.78, 5) is -0.419. The van der Waals surface area contributed by atoms with E-state index in [0.29, 0.717) is 0 Å². The average molecular weight is 308 g/mol. The van der Waals surface area contributed by atoms with Crippen molar-refractivity contribution in [2.45, 2.75) is 22.8 Å². The fourth-order valence-electron chi connectivity index (χ4n) is 1.21. The molecular weight excluding hydrogens is 292 g/mol. The summed E-state index contributed by atoms with van der Waals surface area (Å²) >= 11 is 0. The van der Waals surface area contributed by atoms with Gasteiger partial charge in [-0.1, -0.05) is 6.07 Å². The first-order valence-electron chi connectivity index (χ1n) is 5.32. The molecule has 108 valence electrons. The van der Waals surface area contributed by atoms with E-state index in [9.17, 15) is 16.8 Å². The predicted molar refractivity (Wildman–Crippen MR) is 69.5 cm³/mol. The second kappa shape index (κ2) is 5.97. The Morgan fingerprint density at radius 3 is 2.37 bits per heavy atom. The van der Waals surface area contributed by atoms with E-state index in [1.165, 1.54) is 25.3 Å². The van der Waals surface area contributed by atoms with Crippen molar-refractivity contribution < 1.29 is 21.6 Å². The minimum absolute atomic E-state index is 0.0818. The molecule has 0 heterocycles. The molecule has 0 aliphatic rings. The summed E-state index contributed by atoms with van der Waals surface area (Å²) in [6.45, 7) is 1.78. The van der Waals surface area contributed by atoms with E-state index in [1.807, 2.05) is 0 Å². The van der Waals surface area contributed by atoms with Gasteiger partial charge in [0.25, 0.3) is 0 Å². The molecule has 0 amide bonds. The number of hydrogen-bond donors (Lipinski definition) is 2. The number of ether oxygens (including phenoxy) is 1. The molecule has 3 N–H and O–H groups in total. The SMILES string of the molecule is COC(C)CNS(=O)(=O)c1cccc(S(N)(=O)=O)c1. The lowest BCUT2D eigenvalue weighted by Gasteiger charge is -2.11. The van der Waals surface area contributed by atoms with Crippen LogP contribution in [0.15, 0.2) is 34.1 Å². The molecule has 0 bridgehead atoms. The number of primary sulfonamides is 1. The number of methoxy groups -OCH3 is 1. The molecule has 19 heavy (non-hydrogen) atoms. The zero-order valence-electron chi connectivity index (χ0n) is 10.5. The van der Waals surface area contributed by atoms with Crippen LogP contribution in [-0.2, 0) is 24.8 Å². The van der Waals surface area contributed by atoms with E-state index in [0.717, 1.165) is 6.07 Å². The van der Waals surface area contributed by atoms with Gasteiger partial charge in [0.1, 0.15) is 0 Å². The molecule has 1 rings (SSSR count). The van der Waals surface area contributed by atoms with Crippen molar-refractivity contribution in [3.05, 3.63) is 24.3 Å². The van der Waals surface area contributed by atoms with Gasteiger partial charge in [0.15, 0.2) is 0 Å². The van der Waals surface area contributed by atoms with Gasteiger partial charge in [0.05, 0.1) is 15.9 Å². The van der Waals surface area contributed by atoms with Crippen LogP contribution in [0.25, 0.3) is 0 Å². The Balaban J connectivity index is 3.03. The van der Waals surface area contributed by atoms with Crippen LogP contribution in [0, 0.1) is 0 Å². The highest BCUT2D eigenvalue weighted by molar-refractivity contribution is 7.90. The van der Waals surface area contributed by atoms with Gasteiger partial charge in [-0.25, -0.2) is 26.7 Å². The molecule has 9 heteroatoms. The predicted octanol–water partition coefficient (Wildman–Crippen LogP) is -0.353. The summed E-state index contributed by atoms with van der Waals surface area (Å²) in [5.74, 6) is 0. The Bertz CT molecular complexity index is 640. The normalized spacial score (nSPS) is 14.3. The maximum Gasteiger partial charge on any atom is 0.240 e. The zero-order valence-corrected chi connectivity index (χ0v) is 12.2. The number of nitrogens with two attached hydrogens (primary N) is 1. The van der Waals surface area contributed by atoms with Gasteiger partial charge >= 0.3 is 0 Å². The van der Waals surface area contributed by atoms with Crippen LogP contribution in [0.3, 0.4) is 0 Å². The van der Waals surface area contributed by atoms with Crippen LogP contribution in [0.2, 0.25) is 0 Å². The van der Waals surface area contributed by atoms with Gasteiger partial charge in [-0.15, -0.1) is 0 Å². The van der Waals surface area contributed by atoms with Crippen molar-refractivity contribution in [1.29, 1.82) is 0 Å². The molecule has 0 saturated carbocycles.